The zero-order valence-electron chi connectivity index (χ0n) is 11.4. The summed E-state index contributed by atoms with van der Waals surface area (Å²) in [5.41, 5.74) is 4.76. The molecule has 1 aromatic carbocycles. The van der Waals surface area contributed by atoms with Crippen LogP contribution in [0.15, 0.2) is 24.3 Å². The van der Waals surface area contributed by atoms with E-state index in [0.29, 0.717) is 0 Å². The number of likely N-dealkylation sites (N-methyl/N-ethyl adjacent to an activating group) is 1. The van der Waals surface area contributed by atoms with Crippen molar-refractivity contribution >= 4 is 0 Å². The first-order chi connectivity index (χ1) is 9.28. The molecule has 2 heterocycles. The summed E-state index contributed by atoms with van der Waals surface area (Å²) in [6.45, 7) is 1.77. The summed E-state index contributed by atoms with van der Waals surface area (Å²) >= 11 is 0. The lowest BCUT2D eigenvalue weighted by atomic mass is 10.1. The van der Waals surface area contributed by atoms with E-state index in [-0.39, 0.29) is 0 Å². The molecule has 0 unspecified atom stereocenters. The van der Waals surface area contributed by atoms with Crippen LogP contribution in [0.5, 0.6) is 5.75 Å². The Morgan fingerprint density at radius 1 is 1.37 bits per heavy atom. The van der Waals surface area contributed by atoms with Crippen molar-refractivity contribution in [2.75, 3.05) is 20.2 Å². The lowest BCUT2D eigenvalue weighted by molar-refractivity contribution is 0.357. The fraction of sp³-hybridized carbons (Fsp3) is 0.400. The number of nitrogens with one attached hydrogen (secondary N) is 1. The molecule has 0 spiro atoms. The Hall–Kier alpha value is -1.81. The fourth-order valence-corrected chi connectivity index (χ4v) is 2.48. The van der Waals surface area contributed by atoms with Gasteiger partial charge in [-0.05, 0) is 36.9 Å². The molecule has 1 aromatic heterocycles. The van der Waals surface area contributed by atoms with Gasteiger partial charge in [0.15, 0.2) is 0 Å². The molecule has 0 fully saturated rings. The molecule has 0 aliphatic carbocycles. The summed E-state index contributed by atoms with van der Waals surface area (Å²) in [6.07, 6.45) is 2.00. The first kappa shape index (κ1) is 12.2. The highest BCUT2D eigenvalue weighted by molar-refractivity contribution is 5.63. The molecule has 0 bridgehead atoms. The Kier molecular flexibility index (Phi) is 3.25. The van der Waals surface area contributed by atoms with E-state index in [1.54, 1.807) is 0 Å². The van der Waals surface area contributed by atoms with Crippen molar-refractivity contribution in [3.63, 3.8) is 0 Å². The van der Waals surface area contributed by atoms with E-state index in [1.165, 1.54) is 16.8 Å². The minimum Gasteiger partial charge on any atom is -0.493 e. The SMILES string of the molecule is CNCCc1cc(-c2ccc3c(c2)CCO3)nn1C. The molecule has 0 saturated heterocycles. The first-order valence-electron chi connectivity index (χ1n) is 6.71. The molecule has 2 aromatic rings. The minimum atomic E-state index is 0.800. The van der Waals surface area contributed by atoms with Crippen LogP contribution in [0.4, 0.5) is 0 Å². The van der Waals surface area contributed by atoms with Crippen molar-refractivity contribution < 1.29 is 4.74 Å². The van der Waals surface area contributed by atoms with Gasteiger partial charge in [0.2, 0.25) is 0 Å². The Morgan fingerprint density at radius 2 is 2.26 bits per heavy atom. The number of hydrogen-bond donors (Lipinski definition) is 1. The van der Waals surface area contributed by atoms with Gasteiger partial charge in [0.1, 0.15) is 5.75 Å². The van der Waals surface area contributed by atoms with Crippen LogP contribution in [0, 0.1) is 0 Å². The number of benzene rings is 1. The van der Waals surface area contributed by atoms with Gasteiger partial charge < -0.3 is 10.1 Å². The van der Waals surface area contributed by atoms with Gasteiger partial charge in [0, 0.05) is 37.7 Å². The summed E-state index contributed by atoms with van der Waals surface area (Å²) in [5, 5.41) is 7.78. The summed E-state index contributed by atoms with van der Waals surface area (Å²) in [5.74, 6) is 1.02. The number of nitrogens with zero attached hydrogens (tertiary/aromatic N) is 2. The third-order valence-electron chi connectivity index (χ3n) is 3.59. The maximum atomic E-state index is 5.54. The van der Waals surface area contributed by atoms with Gasteiger partial charge in [-0.15, -0.1) is 0 Å². The highest BCUT2D eigenvalue weighted by Crippen LogP contribution is 2.30. The molecule has 0 amide bonds. The van der Waals surface area contributed by atoms with Crippen LogP contribution in [0.1, 0.15) is 11.3 Å². The molecule has 4 heteroatoms. The highest BCUT2D eigenvalue weighted by atomic mass is 16.5. The van der Waals surface area contributed by atoms with Crippen LogP contribution in [-0.4, -0.2) is 30.0 Å². The number of aryl methyl sites for hydroxylation is 1. The van der Waals surface area contributed by atoms with E-state index in [4.69, 9.17) is 4.74 Å². The topological polar surface area (TPSA) is 39.1 Å². The average Bonchev–Trinajstić information content (AvgIpc) is 3.02. The van der Waals surface area contributed by atoms with Gasteiger partial charge >= 0.3 is 0 Å². The largest absolute Gasteiger partial charge is 0.493 e. The van der Waals surface area contributed by atoms with Crippen molar-refractivity contribution in [2.45, 2.75) is 12.8 Å². The van der Waals surface area contributed by atoms with Crippen molar-refractivity contribution in [3.8, 4) is 17.0 Å². The van der Waals surface area contributed by atoms with E-state index >= 15 is 0 Å². The fourth-order valence-electron chi connectivity index (χ4n) is 2.48. The molecule has 100 valence electrons. The van der Waals surface area contributed by atoms with Gasteiger partial charge in [0.25, 0.3) is 0 Å². The number of hydrogen-bond acceptors (Lipinski definition) is 3. The van der Waals surface area contributed by atoms with Crippen molar-refractivity contribution in [2.24, 2.45) is 7.05 Å². The van der Waals surface area contributed by atoms with Crippen LogP contribution in [-0.2, 0) is 19.9 Å². The van der Waals surface area contributed by atoms with E-state index in [9.17, 15) is 0 Å². The summed E-state index contributed by atoms with van der Waals surface area (Å²) in [4.78, 5) is 0. The van der Waals surface area contributed by atoms with Crippen LogP contribution in [0.2, 0.25) is 0 Å². The van der Waals surface area contributed by atoms with Gasteiger partial charge in [-0.3, -0.25) is 4.68 Å². The second-order valence-corrected chi connectivity index (χ2v) is 4.92. The zero-order valence-corrected chi connectivity index (χ0v) is 11.4. The molecule has 1 N–H and O–H groups in total. The van der Waals surface area contributed by atoms with E-state index in [2.05, 4.69) is 34.7 Å². The van der Waals surface area contributed by atoms with Crippen LogP contribution in [0.25, 0.3) is 11.3 Å². The van der Waals surface area contributed by atoms with Gasteiger partial charge in [-0.1, -0.05) is 0 Å². The lowest BCUT2D eigenvalue weighted by Gasteiger charge is -2.01. The Balaban J connectivity index is 1.89. The van der Waals surface area contributed by atoms with E-state index in [0.717, 1.165) is 37.4 Å². The summed E-state index contributed by atoms with van der Waals surface area (Å²) in [7, 11) is 3.97. The quantitative estimate of drug-likeness (QED) is 0.907. The predicted molar refractivity (Wildman–Crippen MR) is 75.5 cm³/mol. The Bertz CT molecular complexity index is 589. The Labute approximate surface area is 113 Å². The number of fused-ring (bicyclic) bond motifs is 1. The van der Waals surface area contributed by atoms with E-state index < -0.39 is 0 Å². The van der Waals surface area contributed by atoms with E-state index in [1.807, 2.05) is 18.8 Å². The standard InChI is InChI=1S/C15H19N3O/c1-16-7-5-13-10-14(17-18(13)2)11-3-4-15-12(9-11)6-8-19-15/h3-4,9-10,16H,5-8H2,1-2H3. The number of rotatable bonds is 4. The molecule has 1 aliphatic rings. The molecular weight excluding hydrogens is 238 g/mol. The molecular formula is C15H19N3O. The smallest absolute Gasteiger partial charge is 0.122 e. The summed E-state index contributed by atoms with van der Waals surface area (Å²) in [6, 6.07) is 8.52. The van der Waals surface area contributed by atoms with Crippen molar-refractivity contribution in [1.82, 2.24) is 15.1 Å². The van der Waals surface area contributed by atoms with Crippen LogP contribution < -0.4 is 10.1 Å². The molecule has 4 nitrogen and oxygen atoms in total. The Morgan fingerprint density at radius 3 is 3.11 bits per heavy atom. The van der Waals surface area contributed by atoms with Gasteiger partial charge in [0.05, 0.1) is 12.3 Å². The van der Waals surface area contributed by atoms with Crippen molar-refractivity contribution in [1.29, 1.82) is 0 Å². The lowest BCUT2D eigenvalue weighted by Crippen LogP contribution is -2.12. The van der Waals surface area contributed by atoms with Crippen molar-refractivity contribution in [3.05, 3.63) is 35.5 Å². The molecule has 3 rings (SSSR count). The normalized spacial score (nSPS) is 13.4. The maximum absolute atomic E-state index is 5.54. The first-order valence-corrected chi connectivity index (χ1v) is 6.71. The van der Waals surface area contributed by atoms with Crippen LogP contribution >= 0.6 is 0 Å². The third kappa shape index (κ3) is 2.36. The predicted octanol–water partition coefficient (Wildman–Crippen LogP) is 1.78. The second-order valence-electron chi connectivity index (χ2n) is 4.92. The van der Waals surface area contributed by atoms with Gasteiger partial charge in [-0.2, -0.15) is 5.10 Å². The molecule has 0 radical (unpaired) electrons. The molecule has 19 heavy (non-hydrogen) atoms. The van der Waals surface area contributed by atoms with Crippen LogP contribution in [0.3, 0.4) is 0 Å². The number of aromatic nitrogens is 2. The minimum absolute atomic E-state index is 0.800. The maximum Gasteiger partial charge on any atom is 0.122 e. The third-order valence-corrected chi connectivity index (χ3v) is 3.59. The number of ether oxygens (including phenoxy) is 1. The average molecular weight is 257 g/mol. The second kappa shape index (κ2) is 5.05. The zero-order chi connectivity index (χ0) is 13.2. The van der Waals surface area contributed by atoms with Gasteiger partial charge in [-0.25, -0.2) is 0 Å². The molecule has 0 saturated carbocycles. The molecule has 1 aliphatic heterocycles. The monoisotopic (exact) mass is 257 g/mol. The molecule has 0 atom stereocenters. The highest BCUT2D eigenvalue weighted by Gasteiger charge is 2.14. The summed E-state index contributed by atoms with van der Waals surface area (Å²) < 4.78 is 7.51.